The van der Waals surface area contributed by atoms with Gasteiger partial charge < -0.3 is 14.5 Å². The fourth-order valence-electron chi connectivity index (χ4n) is 3.09. The Hall–Kier alpha value is -4.33. The van der Waals surface area contributed by atoms with Crippen molar-refractivity contribution in [1.82, 2.24) is 25.1 Å². The van der Waals surface area contributed by atoms with Gasteiger partial charge in [0.1, 0.15) is 30.2 Å². The molecule has 0 aliphatic rings. The van der Waals surface area contributed by atoms with E-state index in [2.05, 4.69) is 30.5 Å². The first-order chi connectivity index (χ1) is 15.2. The highest BCUT2D eigenvalue weighted by atomic mass is 16.5. The van der Waals surface area contributed by atoms with Gasteiger partial charge in [-0.25, -0.2) is 15.0 Å². The molecule has 0 amide bonds. The van der Waals surface area contributed by atoms with Crippen LogP contribution < -0.4 is 10.1 Å². The van der Waals surface area contributed by atoms with Gasteiger partial charge in [0.15, 0.2) is 0 Å². The molecule has 0 spiro atoms. The highest BCUT2D eigenvalue weighted by Gasteiger charge is 2.12. The van der Waals surface area contributed by atoms with Crippen LogP contribution in [0.4, 0.5) is 11.5 Å². The minimum atomic E-state index is 0.356. The third-order valence-corrected chi connectivity index (χ3v) is 4.63. The van der Waals surface area contributed by atoms with E-state index in [9.17, 15) is 0 Å². The number of pyridine rings is 1. The van der Waals surface area contributed by atoms with Crippen molar-refractivity contribution in [2.24, 2.45) is 0 Å². The molecular weight excluding hydrogens is 392 g/mol. The Bertz CT molecular complexity index is 1320. The molecule has 0 radical (unpaired) electrons. The van der Waals surface area contributed by atoms with Crippen molar-refractivity contribution in [3.63, 3.8) is 0 Å². The van der Waals surface area contributed by atoms with Crippen LogP contribution in [0.25, 0.3) is 22.5 Å². The normalized spacial score (nSPS) is 10.9. The summed E-state index contributed by atoms with van der Waals surface area (Å²) < 4.78 is 11.3. The largest absolute Gasteiger partial charge is 0.489 e. The van der Waals surface area contributed by atoms with Crippen molar-refractivity contribution in [3.8, 4) is 17.3 Å². The molecule has 8 nitrogen and oxygen atoms in total. The van der Waals surface area contributed by atoms with Crippen LogP contribution in [0.1, 0.15) is 11.5 Å². The summed E-state index contributed by atoms with van der Waals surface area (Å²) in [5.41, 5.74) is 3.27. The Labute approximate surface area is 178 Å². The number of hydrogen-bond acceptors (Lipinski definition) is 8. The van der Waals surface area contributed by atoms with Crippen molar-refractivity contribution >= 4 is 22.4 Å². The molecule has 152 valence electrons. The van der Waals surface area contributed by atoms with Crippen LogP contribution >= 0.6 is 0 Å². The average molecular weight is 410 g/mol. The molecule has 0 aliphatic carbocycles. The summed E-state index contributed by atoms with van der Waals surface area (Å²) in [5, 5.41) is 12.0. The van der Waals surface area contributed by atoms with Gasteiger partial charge in [0.2, 0.25) is 5.89 Å². The van der Waals surface area contributed by atoms with E-state index in [1.807, 2.05) is 60.7 Å². The zero-order valence-electron chi connectivity index (χ0n) is 16.7. The fraction of sp³-hybridized carbons (Fsp3) is 0.0870. The molecule has 0 bridgehead atoms. The maximum Gasteiger partial charge on any atom is 0.266 e. The Kier molecular flexibility index (Phi) is 4.94. The van der Waals surface area contributed by atoms with Crippen LogP contribution in [0.15, 0.2) is 77.6 Å². The number of ether oxygens (including phenoxy) is 1. The molecule has 0 saturated carbocycles. The van der Waals surface area contributed by atoms with E-state index in [1.165, 1.54) is 6.33 Å². The molecule has 0 fully saturated rings. The summed E-state index contributed by atoms with van der Waals surface area (Å²) in [4.78, 5) is 13.0. The van der Waals surface area contributed by atoms with Crippen LogP contribution in [0.5, 0.6) is 5.75 Å². The van der Waals surface area contributed by atoms with Gasteiger partial charge >= 0.3 is 0 Å². The minimum absolute atomic E-state index is 0.356. The lowest BCUT2D eigenvalue weighted by Crippen LogP contribution is -1.98. The maximum absolute atomic E-state index is 5.85. The minimum Gasteiger partial charge on any atom is -0.489 e. The lowest BCUT2D eigenvalue weighted by atomic mass is 10.2. The lowest BCUT2D eigenvalue weighted by Gasteiger charge is -2.10. The number of fused-ring (bicyclic) bond motifs is 1. The second-order valence-corrected chi connectivity index (χ2v) is 6.86. The predicted molar refractivity (Wildman–Crippen MR) is 116 cm³/mol. The second kappa shape index (κ2) is 8.19. The van der Waals surface area contributed by atoms with Gasteiger partial charge in [0, 0.05) is 18.0 Å². The maximum atomic E-state index is 5.85. The number of benzene rings is 2. The monoisotopic (exact) mass is 410 g/mol. The molecule has 2 aromatic carbocycles. The number of aromatic nitrogens is 5. The summed E-state index contributed by atoms with van der Waals surface area (Å²) in [5.74, 6) is 2.28. The summed E-state index contributed by atoms with van der Waals surface area (Å²) in [6.07, 6.45) is 3.16. The fourth-order valence-corrected chi connectivity index (χ4v) is 3.09. The van der Waals surface area contributed by atoms with Crippen molar-refractivity contribution < 1.29 is 9.15 Å². The average Bonchev–Trinajstić information content (AvgIpc) is 3.25. The molecule has 1 N–H and O–H groups in total. The predicted octanol–water partition coefficient (Wildman–Crippen LogP) is 4.71. The second-order valence-electron chi connectivity index (χ2n) is 6.86. The van der Waals surface area contributed by atoms with Crippen LogP contribution in [0.2, 0.25) is 0 Å². The number of aryl methyl sites for hydroxylation is 1. The van der Waals surface area contributed by atoms with Crippen LogP contribution in [0.3, 0.4) is 0 Å². The molecule has 31 heavy (non-hydrogen) atoms. The summed E-state index contributed by atoms with van der Waals surface area (Å²) in [7, 11) is 0. The summed E-state index contributed by atoms with van der Waals surface area (Å²) in [6, 6.07) is 19.6. The zero-order valence-corrected chi connectivity index (χ0v) is 16.7. The van der Waals surface area contributed by atoms with E-state index in [0.717, 1.165) is 22.4 Å². The van der Waals surface area contributed by atoms with Gasteiger partial charge in [0.25, 0.3) is 5.89 Å². The van der Waals surface area contributed by atoms with E-state index in [1.54, 1.807) is 13.1 Å². The summed E-state index contributed by atoms with van der Waals surface area (Å²) >= 11 is 0. The Morgan fingerprint density at radius 3 is 2.55 bits per heavy atom. The molecule has 0 atom stereocenters. The first kappa shape index (κ1) is 18.7. The third kappa shape index (κ3) is 4.18. The molecule has 0 unspecified atom stereocenters. The number of rotatable bonds is 6. The van der Waals surface area contributed by atoms with Gasteiger partial charge in [-0.15, -0.1) is 10.2 Å². The lowest BCUT2D eigenvalue weighted by molar-refractivity contribution is 0.306. The van der Waals surface area contributed by atoms with Gasteiger partial charge in [-0.05, 0) is 35.9 Å². The van der Waals surface area contributed by atoms with Crippen molar-refractivity contribution in [2.75, 3.05) is 5.32 Å². The Morgan fingerprint density at radius 1 is 0.935 bits per heavy atom. The van der Waals surface area contributed by atoms with E-state index in [4.69, 9.17) is 9.15 Å². The van der Waals surface area contributed by atoms with E-state index in [0.29, 0.717) is 35.4 Å². The van der Waals surface area contributed by atoms with Crippen molar-refractivity contribution in [2.45, 2.75) is 13.5 Å². The standard InChI is InChI=1S/C23H18N6O2/c1-15-28-29-23(31-15)20-11-19-21(12-24-20)25-14-26-22(19)27-17-7-9-18(10-8-17)30-13-16-5-3-2-4-6-16/h2-12,14H,13H2,1H3,(H,25,26,27). The van der Waals surface area contributed by atoms with E-state index < -0.39 is 0 Å². The zero-order chi connectivity index (χ0) is 21.0. The molecule has 8 heteroatoms. The molecule has 0 saturated heterocycles. The van der Waals surface area contributed by atoms with E-state index in [-0.39, 0.29) is 0 Å². The molecule has 5 aromatic rings. The third-order valence-electron chi connectivity index (χ3n) is 4.63. The van der Waals surface area contributed by atoms with Crippen LogP contribution in [-0.4, -0.2) is 25.1 Å². The highest BCUT2D eigenvalue weighted by Crippen LogP contribution is 2.27. The Morgan fingerprint density at radius 2 is 1.77 bits per heavy atom. The topological polar surface area (TPSA) is 98.9 Å². The summed E-state index contributed by atoms with van der Waals surface area (Å²) in [6.45, 7) is 2.26. The van der Waals surface area contributed by atoms with Gasteiger partial charge in [-0.2, -0.15) is 0 Å². The number of hydrogen-bond donors (Lipinski definition) is 1. The van der Waals surface area contributed by atoms with Gasteiger partial charge in [0.05, 0.1) is 11.7 Å². The molecule has 3 aromatic heterocycles. The van der Waals surface area contributed by atoms with Gasteiger partial charge in [-0.1, -0.05) is 30.3 Å². The Balaban J connectivity index is 1.36. The molecule has 0 aliphatic heterocycles. The molecule has 5 rings (SSSR count). The van der Waals surface area contributed by atoms with Crippen molar-refractivity contribution in [1.29, 1.82) is 0 Å². The SMILES string of the molecule is Cc1nnc(-c2cc3c(Nc4ccc(OCc5ccccc5)cc4)ncnc3cn2)o1. The van der Waals surface area contributed by atoms with Crippen LogP contribution in [-0.2, 0) is 6.61 Å². The first-order valence-corrected chi connectivity index (χ1v) is 9.70. The number of nitrogens with one attached hydrogen (secondary N) is 1. The molecule has 3 heterocycles. The first-order valence-electron chi connectivity index (χ1n) is 9.70. The van der Waals surface area contributed by atoms with Crippen LogP contribution in [0, 0.1) is 6.92 Å². The number of nitrogens with zero attached hydrogens (tertiary/aromatic N) is 5. The highest BCUT2D eigenvalue weighted by molar-refractivity contribution is 5.91. The quantitative estimate of drug-likeness (QED) is 0.430. The van der Waals surface area contributed by atoms with Crippen molar-refractivity contribution in [3.05, 3.63) is 84.6 Å². The number of anilines is 2. The van der Waals surface area contributed by atoms with E-state index >= 15 is 0 Å². The molecular formula is C23H18N6O2. The van der Waals surface area contributed by atoms with Gasteiger partial charge in [-0.3, -0.25) is 0 Å². The smallest absolute Gasteiger partial charge is 0.266 e.